The van der Waals surface area contributed by atoms with Gasteiger partial charge in [-0.3, -0.25) is 14.2 Å². The van der Waals surface area contributed by atoms with Gasteiger partial charge in [0.2, 0.25) is 0 Å². The molecule has 0 unspecified atom stereocenters. The molecule has 0 aliphatic carbocycles. The molecule has 0 atom stereocenters. The highest BCUT2D eigenvalue weighted by Crippen LogP contribution is 2.14. The smallest absolute Gasteiger partial charge is 0.143 e. The number of rotatable bonds is 4. The predicted octanol–water partition coefficient (Wildman–Crippen LogP) is 1.43. The van der Waals surface area contributed by atoms with E-state index in [2.05, 4.69) is 10.2 Å². The Balaban J connectivity index is 2.12. The molecule has 0 fully saturated rings. The van der Waals surface area contributed by atoms with Crippen LogP contribution in [0.15, 0.2) is 6.07 Å². The molecular weight excluding hydrogens is 240 g/mol. The fourth-order valence-corrected chi connectivity index (χ4v) is 2.36. The second-order valence-electron chi connectivity index (χ2n) is 5.07. The van der Waals surface area contributed by atoms with Crippen LogP contribution in [-0.2, 0) is 31.7 Å². The summed E-state index contributed by atoms with van der Waals surface area (Å²) in [7, 11) is 3.77. The van der Waals surface area contributed by atoms with Gasteiger partial charge >= 0.3 is 0 Å². The summed E-state index contributed by atoms with van der Waals surface area (Å²) in [5.41, 5.74) is 4.95. The fourth-order valence-electron chi connectivity index (χ4n) is 2.36. The van der Waals surface area contributed by atoms with E-state index in [0.29, 0.717) is 12.8 Å². The van der Waals surface area contributed by atoms with E-state index in [0.717, 1.165) is 28.3 Å². The van der Waals surface area contributed by atoms with Gasteiger partial charge in [-0.25, -0.2) is 0 Å². The van der Waals surface area contributed by atoms with Crippen molar-refractivity contribution in [3.63, 3.8) is 0 Å². The lowest BCUT2D eigenvalue weighted by Crippen LogP contribution is -2.11. The summed E-state index contributed by atoms with van der Waals surface area (Å²) in [4.78, 5) is 12.2. The molecule has 2 aromatic heterocycles. The molecule has 2 rings (SSSR count). The van der Waals surface area contributed by atoms with E-state index >= 15 is 0 Å². The summed E-state index contributed by atoms with van der Waals surface area (Å²) in [5, 5.41) is 8.60. The van der Waals surface area contributed by atoms with Crippen LogP contribution in [0, 0.1) is 20.8 Å². The van der Waals surface area contributed by atoms with Crippen LogP contribution in [0.1, 0.15) is 28.3 Å². The van der Waals surface area contributed by atoms with Crippen molar-refractivity contribution in [1.82, 2.24) is 19.6 Å². The Labute approximate surface area is 113 Å². The van der Waals surface area contributed by atoms with Gasteiger partial charge in [0, 0.05) is 43.9 Å². The Morgan fingerprint density at radius 1 is 1.11 bits per heavy atom. The molecule has 2 aromatic rings. The van der Waals surface area contributed by atoms with Gasteiger partial charge in [-0.2, -0.15) is 10.2 Å². The minimum Gasteiger partial charge on any atom is -0.299 e. The lowest BCUT2D eigenvalue weighted by molar-refractivity contribution is -0.117. The Morgan fingerprint density at radius 2 is 1.79 bits per heavy atom. The first-order chi connectivity index (χ1) is 8.88. The summed E-state index contributed by atoms with van der Waals surface area (Å²) in [5.74, 6) is 0.196. The molecule has 0 aliphatic rings. The molecule has 5 nitrogen and oxygen atoms in total. The molecule has 0 radical (unpaired) electrons. The fraction of sp³-hybridized carbons (Fsp3) is 0.500. The molecule has 0 bridgehead atoms. The van der Waals surface area contributed by atoms with Gasteiger partial charge < -0.3 is 0 Å². The SMILES string of the molecule is Cc1cc(CC(=O)Cc2c(C)nn(C)c2C)n(C)n1. The van der Waals surface area contributed by atoms with E-state index in [1.54, 1.807) is 4.68 Å². The topological polar surface area (TPSA) is 52.7 Å². The maximum absolute atomic E-state index is 12.2. The zero-order valence-electron chi connectivity index (χ0n) is 12.2. The molecule has 2 heterocycles. The van der Waals surface area contributed by atoms with Gasteiger partial charge in [-0.05, 0) is 26.8 Å². The van der Waals surface area contributed by atoms with E-state index in [9.17, 15) is 4.79 Å². The van der Waals surface area contributed by atoms with E-state index in [1.165, 1.54) is 0 Å². The Kier molecular flexibility index (Phi) is 3.55. The highest BCUT2D eigenvalue weighted by molar-refractivity contribution is 5.83. The quantitative estimate of drug-likeness (QED) is 0.835. The second-order valence-corrected chi connectivity index (χ2v) is 5.07. The molecule has 19 heavy (non-hydrogen) atoms. The minimum atomic E-state index is 0.196. The van der Waals surface area contributed by atoms with Crippen LogP contribution in [0.5, 0.6) is 0 Å². The van der Waals surface area contributed by atoms with E-state index in [-0.39, 0.29) is 5.78 Å². The monoisotopic (exact) mass is 260 g/mol. The van der Waals surface area contributed by atoms with Gasteiger partial charge in [0.1, 0.15) is 5.78 Å². The van der Waals surface area contributed by atoms with Crippen molar-refractivity contribution in [2.75, 3.05) is 0 Å². The molecule has 0 saturated carbocycles. The van der Waals surface area contributed by atoms with Crippen LogP contribution >= 0.6 is 0 Å². The summed E-state index contributed by atoms with van der Waals surface area (Å²) >= 11 is 0. The van der Waals surface area contributed by atoms with E-state index in [4.69, 9.17) is 0 Å². The normalized spacial score (nSPS) is 11.0. The number of nitrogens with zero attached hydrogens (tertiary/aromatic N) is 4. The third kappa shape index (κ3) is 2.75. The minimum absolute atomic E-state index is 0.196. The number of aromatic nitrogens is 4. The first-order valence-electron chi connectivity index (χ1n) is 6.38. The number of hydrogen-bond acceptors (Lipinski definition) is 3. The summed E-state index contributed by atoms with van der Waals surface area (Å²) < 4.78 is 3.60. The number of Topliss-reactive ketones (excluding diaryl/α,β-unsaturated/α-hetero) is 1. The molecule has 5 heteroatoms. The largest absolute Gasteiger partial charge is 0.299 e. The molecule has 102 valence electrons. The van der Waals surface area contributed by atoms with Crippen LogP contribution in [-0.4, -0.2) is 25.3 Å². The van der Waals surface area contributed by atoms with Crippen LogP contribution in [0.3, 0.4) is 0 Å². The highest BCUT2D eigenvalue weighted by Gasteiger charge is 2.15. The van der Waals surface area contributed by atoms with Crippen LogP contribution in [0.25, 0.3) is 0 Å². The number of aryl methyl sites for hydroxylation is 4. The van der Waals surface area contributed by atoms with Gasteiger partial charge in [0.25, 0.3) is 0 Å². The summed E-state index contributed by atoms with van der Waals surface area (Å²) in [6.07, 6.45) is 0.862. The van der Waals surface area contributed by atoms with Crippen molar-refractivity contribution in [3.05, 3.63) is 34.4 Å². The average molecular weight is 260 g/mol. The van der Waals surface area contributed by atoms with E-state index in [1.807, 2.05) is 45.6 Å². The average Bonchev–Trinajstić information content (AvgIpc) is 2.73. The molecule has 0 aliphatic heterocycles. The predicted molar refractivity (Wildman–Crippen MR) is 73.0 cm³/mol. The van der Waals surface area contributed by atoms with Crippen LogP contribution in [0.4, 0.5) is 0 Å². The lowest BCUT2D eigenvalue weighted by atomic mass is 10.0. The van der Waals surface area contributed by atoms with Crippen molar-refractivity contribution in [2.24, 2.45) is 14.1 Å². The number of carbonyl (C=O) groups is 1. The van der Waals surface area contributed by atoms with Crippen molar-refractivity contribution < 1.29 is 4.79 Å². The van der Waals surface area contributed by atoms with Crippen molar-refractivity contribution in [1.29, 1.82) is 0 Å². The third-order valence-electron chi connectivity index (χ3n) is 3.51. The first-order valence-corrected chi connectivity index (χ1v) is 6.38. The van der Waals surface area contributed by atoms with Crippen LogP contribution < -0.4 is 0 Å². The molecular formula is C14H20N4O. The zero-order valence-corrected chi connectivity index (χ0v) is 12.2. The highest BCUT2D eigenvalue weighted by atomic mass is 16.1. The first kappa shape index (κ1) is 13.5. The molecule has 0 saturated heterocycles. The van der Waals surface area contributed by atoms with Crippen molar-refractivity contribution in [3.8, 4) is 0 Å². The maximum atomic E-state index is 12.2. The second kappa shape index (κ2) is 4.99. The maximum Gasteiger partial charge on any atom is 0.143 e. The molecule has 0 N–H and O–H groups in total. The zero-order chi connectivity index (χ0) is 14.2. The number of ketones is 1. The van der Waals surface area contributed by atoms with E-state index < -0.39 is 0 Å². The number of hydrogen-bond donors (Lipinski definition) is 0. The van der Waals surface area contributed by atoms with Gasteiger partial charge in [-0.15, -0.1) is 0 Å². The molecule has 0 amide bonds. The summed E-state index contributed by atoms with van der Waals surface area (Å²) in [6.45, 7) is 5.88. The number of carbonyl (C=O) groups excluding carboxylic acids is 1. The third-order valence-corrected chi connectivity index (χ3v) is 3.51. The Morgan fingerprint density at radius 3 is 2.26 bits per heavy atom. The van der Waals surface area contributed by atoms with Gasteiger partial charge in [0.05, 0.1) is 11.4 Å². The van der Waals surface area contributed by atoms with Gasteiger partial charge in [-0.1, -0.05) is 0 Å². The Hall–Kier alpha value is -1.91. The van der Waals surface area contributed by atoms with Crippen molar-refractivity contribution in [2.45, 2.75) is 33.6 Å². The van der Waals surface area contributed by atoms with Crippen molar-refractivity contribution >= 4 is 5.78 Å². The molecule has 0 aromatic carbocycles. The van der Waals surface area contributed by atoms with Gasteiger partial charge in [0.15, 0.2) is 0 Å². The molecule has 0 spiro atoms. The summed E-state index contributed by atoms with van der Waals surface area (Å²) in [6, 6.07) is 1.96. The lowest BCUT2D eigenvalue weighted by Gasteiger charge is -2.03. The van der Waals surface area contributed by atoms with Crippen LogP contribution in [0.2, 0.25) is 0 Å². The Bertz CT molecular complexity index is 622. The standard InChI is InChI=1S/C14H20N4O/c1-9-6-12(18(5)15-9)7-13(19)8-14-10(2)16-17(4)11(14)3/h6H,7-8H2,1-5H3.